The Bertz CT molecular complexity index is 438. The summed E-state index contributed by atoms with van der Waals surface area (Å²) in [5, 5.41) is 9.18. The number of furan rings is 1. The molecule has 0 aromatic carbocycles. The summed E-state index contributed by atoms with van der Waals surface area (Å²) in [5.74, 6) is 1.32. The zero-order valence-corrected chi connectivity index (χ0v) is 10.3. The molecule has 0 bridgehead atoms. The third-order valence-electron chi connectivity index (χ3n) is 2.87. The number of carbonyl (C=O) groups excluding carboxylic acids is 1. The summed E-state index contributed by atoms with van der Waals surface area (Å²) in [6.07, 6.45) is 3.10. The van der Waals surface area contributed by atoms with Gasteiger partial charge in [0.2, 0.25) is 5.91 Å². The van der Waals surface area contributed by atoms with E-state index in [4.69, 9.17) is 9.15 Å². The Morgan fingerprint density at radius 3 is 3.11 bits per heavy atom. The summed E-state index contributed by atoms with van der Waals surface area (Å²) in [6.45, 7) is 3.17. The van der Waals surface area contributed by atoms with Crippen molar-refractivity contribution in [3.05, 3.63) is 29.7 Å². The van der Waals surface area contributed by atoms with Crippen LogP contribution in [0.3, 0.4) is 0 Å². The second-order valence-electron chi connectivity index (χ2n) is 4.22. The quantitative estimate of drug-likeness (QED) is 0.808. The normalized spacial score (nSPS) is 20.6. The van der Waals surface area contributed by atoms with Crippen molar-refractivity contribution in [1.29, 1.82) is 0 Å². The second-order valence-corrected chi connectivity index (χ2v) is 4.22. The number of carbonyl (C=O) groups is 1. The molecule has 98 valence electrons. The highest BCUT2D eigenvalue weighted by Crippen LogP contribution is 2.11. The number of rotatable bonds is 3. The Labute approximate surface area is 106 Å². The molecule has 18 heavy (non-hydrogen) atoms. The van der Waals surface area contributed by atoms with Crippen LogP contribution >= 0.6 is 0 Å². The van der Waals surface area contributed by atoms with Gasteiger partial charge in [0.15, 0.2) is 0 Å². The average molecular weight is 251 g/mol. The third-order valence-corrected chi connectivity index (χ3v) is 2.87. The molecule has 1 saturated heterocycles. The number of morpholine rings is 1. The maximum Gasteiger partial charge on any atom is 0.247 e. The topological polar surface area (TPSA) is 62.9 Å². The SMILES string of the molecule is Cc1ccc(/C=C/C(=O)N2CCOCC2CO)o1. The van der Waals surface area contributed by atoms with Crippen LogP contribution in [0.1, 0.15) is 11.5 Å². The zero-order valence-electron chi connectivity index (χ0n) is 10.3. The van der Waals surface area contributed by atoms with Crippen LogP contribution in [0.5, 0.6) is 0 Å². The number of aliphatic hydroxyl groups is 1. The van der Waals surface area contributed by atoms with Gasteiger partial charge < -0.3 is 19.2 Å². The predicted octanol–water partition coefficient (Wildman–Crippen LogP) is 0.821. The molecule has 0 saturated carbocycles. The molecular weight excluding hydrogens is 234 g/mol. The summed E-state index contributed by atoms with van der Waals surface area (Å²) in [7, 11) is 0. The van der Waals surface area contributed by atoms with E-state index in [-0.39, 0.29) is 18.6 Å². The molecule has 5 heteroatoms. The zero-order chi connectivity index (χ0) is 13.0. The fourth-order valence-electron chi connectivity index (χ4n) is 1.89. The minimum absolute atomic E-state index is 0.0839. The number of hydrogen-bond donors (Lipinski definition) is 1. The van der Waals surface area contributed by atoms with Gasteiger partial charge in [-0.25, -0.2) is 0 Å². The molecular formula is C13H17NO4. The van der Waals surface area contributed by atoms with Crippen LogP contribution in [-0.2, 0) is 9.53 Å². The number of hydrogen-bond acceptors (Lipinski definition) is 4. The summed E-state index contributed by atoms with van der Waals surface area (Å²) in [5.41, 5.74) is 0. The molecule has 1 amide bonds. The van der Waals surface area contributed by atoms with Gasteiger partial charge in [0, 0.05) is 12.6 Å². The van der Waals surface area contributed by atoms with Crippen LogP contribution in [-0.4, -0.2) is 48.3 Å². The number of aliphatic hydroxyl groups excluding tert-OH is 1. The van der Waals surface area contributed by atoms with E-state index >= 15 is 0 Å². The van der Waals surface area contributed by atoms with Crippen LogP contribution in [0.25, 0.3) is 6.08 Å². The van der Waals surface area contributed by atoms with Crippen LogP contribution < -0.4 is 0 Å². The Kier molecular flexibility index (Phi) is 4.17. The first kappa shape index (κ1) is 12.9. The maximum absolute atomic E-state index is 12.0. The first-order valence-electron chi connectivity index (χ1n) is 5.94. The first-order chi connectivity index (χ1) is 8.70. The van der Waals surface area contributed by atoms with Gasteiger partial charge >= 0.3 is 0 Å². The Hall–Kier alpha value is -1.59. The summed E-state index contributed by atoms with van der Waals surface area (Å²) in [4.78, 5) is 13.6. The van der Waals surface area contributed by atoms with E-state index in [1.807, 2.05) is 19.1 Å². The van der Waals surface area contributed by atoms with Gasteiger partial charge in [-0.2, -0.15) is 0 Å². The van der Waals surface area contributed by atoms with Gasteiger partial charge in [-0.1, -0.05) is 0 Å². The van der Waals surface area contributed by atoms with Crippen molar-refractivity contribution >= 4 is 12.0 Å². The number of nitrogens with zero attached hydrogens (tertiary/aromatic N) is 1. The second kappa shape index (κ2) is 5.84. The molecule has 1 atom stereocenters. The van der Waals surface area contributed by atoms with Crippen LogP contribution in [0.4, 0.5) is 0 Å². The van der Waals surface area contributed by atoms with E-state index < -0.39 is 0 Å². The van der Waals surface area contributed by atoms with Crippen molar-refractivity contribution in [3.8, 4) is 0 Å². The first-order valence-corrected chi connectivity index (χ1v) is 5.94. The smallest absolute Gasteiger partial charge is 0.247 e. The molecule has 1 unspecified atom stereocenters. The summed E-state index contributed by atoms with van der Waals surface area (Å²) < 4.78 is 10.6. The Morgan fingerprint density at radius 1 is 1.61 bits per heavy atom. The molecule has 2 rings (SSSR count). The van der Waals surface area contributed by atoms with Gasteiger partial charge in [0.25, 0.3) is 0 Å². The molecule has 2 heterocycles. The monoisotopic (exact) mass is 251 g/mol. The van der Waals surface area contributed by atoms with Crippen molar-refractivity contribution in [2.24, 2.45) is 0 Å². The Balaban J connectivity index is 2.00. The van der Waals surface area contributed by atoms with E-state index in [1.165, 1.54) is 6.08 Å². The van der Waals surface area contributed by atoms with E-state index in [9.17, 15) is 9.90 Å². The highest BCUT2D eigenvalue weighted by Gasteiger charge is 2.25. The molecule has 1 aliphatic heterocycles. The molecule has 5 nitrogen and oxygen atoms in total. The lowest BCUT2D eigenvalue weighted by molar-refractivity contribution is -0.136. The van der Waals surface area contributed by atoms with Gasteiger partial charge in [-0.05, 0) is 25.1 Å². The Morgan fingerprint density at radius 2 is 2.44 bits per heavy atom. The van der Waals surface area contributed by atoms with Crippen molar-refractivity contribution in [3.63, 3.8) is 0 Å². The number of amides is 1. The fraction of sp³-hybridized carbons (Fsp3) is 0.462. The molecule has 1 aromatic rings. The minimum atomic E-state index is -0.255. The van der Waals surface area contributed by atoms with Crippen molar-refractivity contribution in [2.45, 2.75) is 13.0 Å². The van der Waals surface area contributed by atoms with Crippen LogP contribution in [0.15, 0.2) is 22.6 Å². The highest BCUT2D eigenvalue weighted by atomic mass is 16.5. The lowest BCUT2D eigenvalue weighted by atomic mass is 10.2. The highest BCUT2D eigenvalue weighted by molar-refractivity contribution is 5.91. The minimum Gasteiger partial charge on any atom is -0.462 e. The molecule has 1 N–H and O–H groups in total. The number of aryl methyl sites for hydroxylation is 1. The molecule has 1 aliphatic rings. The molecule has 1 aromatic heterocycles. The maximum atomic E-state index is 12.0. The van der Waals surface area contributed by atoms with Crippen molar-refractivity contribution in [2.75, 3.05) is 26.4 Å². The van der Waals surface area contributed by atoms with Crippen molar-refractivity contribution in [1.82, 2.24) is 4.90 Å². The lowest BCUT2D eigenvalue weighted by Crippen LogP contribution is -2.49. The largest absolute Gasteiger partial charge is 0.462 e. The van der Waals surface area contributed by atoms with Crippen LogP contribution in [0.2, 0.25) is 0 Å². The average Bonchev–Trinajstić information content (AvgIpc) is 2.81. The van der Waals surface area contributed by atoms with Gasteiger partial charge in [-0.3, -0.25) is 4.79 Å². The lowest BCUT2D eigenvalue weighted by Gasteiger charge is -2.33. The van der Waals surface area contributed by atoms with E-state index in [2.05, 4.69) is 0 Å². The van der Waals surface area contributed by atoms with Crippen LogP contribution in [0, 0.1) is 6.92 Å². The van der Waals surface area contributed by atoms with E-state index in [0.717, 1.165) is 5.76 Å². The summed E-state index contributed by atoms with van der Waals surface area (Å²) in [6, 6.07) is 3.39. The molecule has 1 fully saturated rings. The van der Waals surface area contributed by atoms with Crippen molar-refractivity contribution < 1.29 is 19.1 Å². The number of ether oxygens (including phenoxy) is 1. The van der Waals surface area contributed by atoms with E-state index in [0.29, 0.717) is 25.5 Å². The van der Waals surface area contributed by atoms with E-state index in [1.54, 1.807) is 11.0 Å². The predicted molar refractivity (Wildman–Crippen MR) is 65.9 cm³/mol. The van der Waals surface area contributed by atoms with Gasteiger partial charge in [-0.15, -0.1) is 0 Å². The van der Waals surface area contributed by atoms with Gasteiger partial charge in [0.1, 0.15) is 11.5 Å². The standard InChI is InChI=1S/C13H17NO4/c1-10-2-3-12(18-10)4-5-13(16)14-6-7-17-9-11(14)8-15/h2-5,11,15H,6-9H2,1H3/b5-4+. The summed E-state index contributed by atoms with van der Waals surface area (Å²) >= 11 is 0. The molecule has 0 radical (unpaired) electrons. The molecule has 0 spiro atoms. The molecule has 0 aliphatic carbocycles. The third kappa shape index (κ3) is 3.00. The van der Waals surface area contributed by atoms with Gasteiger partial charge in [0.05, 0.1) is 25.9 Å². The fourth-order valence-corrected chi connectivity index (χ4v) is 1.89.